The van der Waals surface area contributed by atoms with Crippen LogP contribution in [0.15, 0.2) is 36.7 Å². The fourth-order valence-electron chi connectivity index (χ4n) is 1.46. The van der Waals surface area contributed by atoms with E-state index in [2.05, 4.69) is 9.97 Å². The van der Waals surface area contributed by atoms with Crippen LogP contribution in [-0.2, 0) is 12.5 Å². The second-order valence-electron chi connectivity index (χ2n) is 4.23. The van der Waals surface area contributed by atoms with Gasteiger partial charge in [0.2, 0.25) is 5.88 Å². The summed E-state index contributed by atoms with van der Waals surface area (Å²) >= 11 is 0. The molecule has 20 heavy (non-hydrogen) atoms. The van der Waals surface area contributed by atoms with Crippen molar-refractivity contribution in [3.05, 3.63) is 53.5 Å². The van der Waals surface area contributed by atoms with Crippen LogP contribution in [0.1, 0.15) is 23.7 Å². The minimum Gasteiger partial charge on any atom is -0.473 e. The zero-order valence-electron chi connectivity index (χ0n) is 10.7. The molecule has 0 spiro atoms. The summed E-state index contributed by atoms with van der Waals surface area (Å²) in [5.41, 5.74) is 0.815. The summed E-state index contributed by atoms with van der Waals surface area (Å²) in [5.74, 6) is -2.59. The van der Waals surface area contributed by atoms with Gasteiger partial charge in [-0.05, 0) is 12.1 Å². The Kier molecular flexibility index (Phi) is 3.89. The van der Waals surface area contributed by atoms with E-state index in [1.54, 1.807) is 12.1 Å². The largest absolute Gasteiger partial charge is 0.473 e. The van der Waals surface area contributed by atoms with E-state index in [0.29, 0.717) is 17.0 Å². The lowest BCUT2D eigenvalue weighted by Crippen LogP contribution is -2.10. The summed E-state index contributed by atoms with van der Waals surface area (Å²) in [6.45, 7) is 0.966. The molecule has 2 heterocycles. The summed E-state index contributed by atoms with van der Waals surface area (Å²) in [6.07, 6.45) is 2.74. The fraction of sp³-hybridized carbons (Fsp3) is 0.214. The minimum absolute atomic E-state index is 0.168. The number of alkyl halides is 2. The SMILES string of the molecule is CC(F)(F)c1ccc(COc2ccc(C#N)cn2)cn1. The van der Waals surface area contributed by atoms with Gasteiger partial charge in [0.1, 0.15) is 18.4 Å². The van der Waals surface area contributed by atoms with Crippen molar-refractivity contribution in [1.82, 2.24) is 9.97 Å². The summed E-state index contributed by atoms with van der Waals surface area (Å²) in [7, 11) is 0. The molecule has 6 heteroatoms. The number of nitriles is 1. The van der Waals surface area contributed by atoms with E-state index < -0.39 is 5.92 Å². The molecule has 0 unspecified atom stereocenters. The third-order valence-corrected chi connectivity index (χ3v) is 2.53. The maximum atomic E-state index is 13.0. The molecule has 4 nitrogen and oxygen atoms in total. The summed E-state index contributed by atoms with van der Waals surface area (Å²) in [6, 6.07) is 7.90. The highest BCUT2D eigenvalue weighted by atomic mass is 19.3. The molecule has 0 amide bonds. The van der Waals surface area contributed by atoms with Crippen LogP contribution in [0, 0.1) is 11.3 Å². The maximum absolute atomic E-state index is 13.0. The highest BCUT2D eigenvalue weighted by Crippen LogP contribution is 2.24. The van der Waals surface area contributed by atoms with Gasteiger partial charge in [-0.15, -0.1) is 0 Å². The predicted octanol–water partition coefficient (Wildman–Crippen LogP) is 3.04. The lowest BCUT2D eigenvalue weighted by molar-refractivity contribution is 0.0127. The Bertz CT molecular complexity index is 613. The average Bonchev–Trinajstić information content (AvgIpc) is 2.45. The van der Waals surface area contributed by atoms with Gasteiger partial charge in [0.05, 0.1) is 5.56 Å². The van der Waals surface area contributed by atoms with E-state index >= 15 is 0 Å². The molecule has 0 aromatic carbocycles. The van der Waals surface area contributed by atoms with E-state index in [4.69, 9.17) is 10.00 Å². The van der Waals surface area contributed by atoms with Crippen molar-refractivity contribution in [2.24, 2.45) is 0 Å². The normalized spacial score (nSPS) is 10.9. The maximum Gasteiger partial charge on any atom is 0.286 e. The predicted molar refractivity (Wildman–Crippen MR) is 67.1 cm³/mol. The molecule has 0 N–H and O–H groups in total. The minimum atomic E-state index is -2.95. The highest BCUT2D eigenvalue weighted by Gasteiger charge is 2.25. The molecule has 2 rings (SSSR count). The van der Waals surface area contributed by atoms with Crippen molar-refractivity contribution in [1.29, 1.82) is 5.26 Å². The fourth-order valence-corrected chi connectivity index (χ4v) is 1.46. The van der Waals surface area contributed by atoms with Crippen LogP contribution in [0.3, 0.4) is 0 Å². The van der Waals surface area contributed by atoms with Crippen LogP contribution in [0.2, 0.25) is 0 Å². The molecule has 0 aliphatic carbocycles. The van der Waals surface area contributed by atoms with Gasteiger partial charge in [-0.2, -0.15) is 14.0 Å². The molecule has 0 radical (unpaired) electrons. The first kappa shape index (κ1) is 13.9. The van der Waals surface area contributed by atoms with Crippen molar-refractivity contribution in [3.8, 4) is 11.9 Å². The van der Waals surface area contributed by atoms with Gasteiger partial charge < -0.3 is 4.74 Å². The van der Waals surface area contributed by atoms with E-state index in [0.717, 1.165) is 6.92 Å². The van der Waals surface area contributed by atoms with Crippen LogP contribution in [0.5, 0.6) is 5.88 Å². The van der Waals surface area contributed by atoms with Gasteiger partial charge >= 0.3 is 0 Å². The van der Waals surface area contributed by atoms with Crippen molar-refractivity contribution in [2.45, 2.75) is 19.5 Å². The molecule has 102 valence electrons. The quantitative estimate of drug-likeness (QED) is 0.860. The van der Waals surface area contributed by atoms with Crippen LogP contribution >= 0.6 is 0 Å². The lowest BCUT2D eigenvalue weighted by atomic mass is 10.2. The van der Waals surface area contributed by atoms with Crippen LogP contribution in [0.4, 0.5) is 8.78 Å². The van der Waals surface area contributed by atoms with Crippen molar-refractivity contribution < 1.29 is 13.5 Å². The van der Waals surface area contributed by atoms with Gasteiger partial charge in [0.15, 0.2) is 0 Å². The van der Waals surface area contributed by atoms with Gasteiger partial charge in [-0.25, -0.2) is 4.98 Å². The third kappa shape index (κ3) is 3.48. The second-order valence-corrected chi connectivity index (χ2v) is 4.23. The van der Waals surface area contributed by atoms with E-state index in [1.165, 1.54) is 24.5 Å². The standard InChI is InChI=1S/C14H11F2N3O/c1-14(15,16)12-4-2-11(8-18-12)9-20-13-5-3-10(6-17)7-19-13/h2-5,7-8H,9H2,1H3. The molecule has 2 aromatic heterocycles. The highest BCUT2D eigenvalue weighted by molar-refractivity contribution is 5.28. The molecule has 0 aliphatic heterocycles. The number of hydrogen-bond donors (Lipinski definition) is 0. The molecule has 0 bridgehead atoms. The van der Waals surface area contributed by atoms with E-state index in [1.807, 2.05) is 6.07 Å². The Morgan fingerprint density at radius 1 is 1.20 bits per heavy atom. The molecule has 2 aromatic rings. The average molecular weight is 275 g/mol. The smallest absolute Gasteiger partial charge is 0.286 e. The first-order chi connectivity index (χ1) is 9.49. The summed E-state index contributed by atoms with van der Waals surface area (Å²) in [4.78, 5) is 7.63. The van der Waals surface area contributed by atoms with Gasteiger partial charge in [0, 0.05) is 30.9 Å². The number of aromatic nitrogens is 2. The third-order valence-electron chi connectivity index (χ3n) is 2.53. The number of nitrogens with zero attached hydrogens (tertiary/aromatic N) is 3. The Morgan fingerprint density at radius 2 is 2.00 bits per heavy atom. The van der Waals surface area contributed by atoms with Crippen molar-refractivity contribution in [3.63, 3.8) is 0 Å². The number of rotatable bonds is 4. The van der Waals surface area contributed by atoms with E-state index in [9.17, 15) is 8.78 Å². The van der Waals surface area contributed by atoms with Crippen LogP contribution < -0.4 is 4.74 Å². The Morgan fingerprint density at radius 3 is 2.50 bits per heavy atom. The summed E-state index contributed by atoms with van der Waals surface area (Å²) < 4.78 is 31.3. The zero-order chi connectivity index (χ0) is 14.6. The van der Waals surface area contributed by atoms with Gasteiger partial charge in [-0.3, -0.25) is 4.98 Å². The molecule has 0 aliphatic rings. The number of halogens is 2. The van der Waals surface area contributed by atoms with E-state index in [-0.39, 0.29) is 12.3 Å². The lowest BCUT2D eigenvalue weighted by Gasteiger charge is -2.10. The monoisotopic (exact) mass is 275 g/mol. The van der Waals surface area contributed by atoms with Gasteiger partial charge in [-0.1, -0.05) is 6.07 Å². The molecule has 0 saturated heterocycles. The Balaban J connectivity index is 1.98. The van der Waals surface area contributed by atoms with Crippen LogP contribution in [-0.4, -0.2) is 9.97 Å². The van der Waals surface area contributed by atoms with Crippen molar-refractivity contribution in [2.75, 3.05) is 0 Å². The first-order valence-electron chi connectivity index (χ1n) is 5.81. The van der Waals surface area contributed by atoms with Crippen LogP contribution in [0.25, 0.3) is 0 Å². The molecular formula is C14H11F2N3O. The topological polar surface area (TPSA) is 58.8 Å². The molecule has 0 saturated carbocycles. The second kappa shape index (κ2) is 5.61. The Labute approximate surface area is 114 Å². The molecule has 0 fully saturated rings. The zero-order valence-corrected chi connectivity index (χ0v) is 10.7. The summed E-state index contributed by atoms with van der Waals surface area (Å²) in [5, 5.41) is 8.63. The Hall–Kier alpha value is -2.55. The number of pyridine rings is 2. The molecular weight excluding hydrogens is 264 g/mol. The van der Waals surface area contributed by atoms with Gasteiger partial charge in [0.25, 0.3) is 5.92 Å². The first-order valence-corrected chi connectivity index (χ1v) is 5.81. The number of hydrogen-bond acceptors (Lipinski definition) is 4. The molecule has 0 atom stereocenters. The van der Waals surface area contributed by atoms with Crippen molar-refractivity contribution >= 4 is 0 Å². The number of ether oxygens (including phenoxy) is 1.